The van der Waals surface area contributed by atoms with Crippen molar-refractivity contribution < 1.29 is 17.6 Å². The van der Waals surface area contributed by atoms with Crippen molar-refractivity contribution in [3.8, 4) is 0 Å². The molecule has 2 aromatic rings. The van der Waals surface area contributed by atoms with Crippen molar-refractivity contribution in [2.75, 3.05) is 18.4 Å². The van der Waals surface area contributed by atoms with Crippen LogP contribution in [0.3, 0.4) is 0 Å². The number of hydrogen-bond acceptors (Lipinski definition) is 4. The van der Waals surface area contributed by atoms with E-state index >= 15 is 0 Å². The van der Waals surface area contributed by atoms with Gasteiger partial charge in [-0.3, -0.25) is 9.59 Å². The largest absolute Gasteiger partial charge is 0.324 e. The number of nitrogens with zero attached hydrogens (tertiary/aromatic N) is 2. The number of halogens is 2. The normalized spacial score (nSPS) is 11.6. The lowest BCUT2D eigenvalue weighted by atomic mass is 10.3. The molecule has 1 heterocycles. The van der Waals surface area contributed by atoms with Crippen molar-refractivity contribution in [2.24, 2.45) is 0 Å². The van der Waals surface area contributed by atoms with E-state index in [9.17, 15) is 22.4 Å². The van der Waals surface area contributed by atoms with Gasteiger partial charge < -0.3 is 9.88 Å². The second kappa shape index (κ2) is 8.64. The van der Waals surface area contributed by atoms with Gasteiger partial charge in [0.15, 0.2) is 0 Å². The lowest BCUT2D eigenvalue weighted by Gasteiger charge is -2.19. The fourth-order valence-electron chi connectivity index (χ4n) is 2.43. The van der Waals surface area contributed by atoms with Gasteiger partial charge >= 0.3 is 0 Å². The first kappa shape index (κ1) is 21.1. The van der Waals surface area contributed by atoms with Gasteiger partial charge in [0, 0.05) is 31.0 Å². The van der Waals surface area contributed by atoms with Crippen LogP contribution in [0.25, 0.3) is 0 Å². The first-order valence-electron chi connectivity index (χ1n) is 8.14. The lowest BCUT2D eigenvalue weighted by molar-refractivity contribution is -0.116. The van der Waals surface area contributed by atoms with Gasteiger partial charge in [-0.15, -0.1) is 0 Å². The van der Waals surface area contributed by atoms with Gasteiger partial charge in [-0.2, -0.15) is 4.31 Å². The van der Waals surface area contributed by atoms with Crippen LogP contribution in [0.4, 0.5) is 10.1 Å². The number of pyridine rings is 1. The topological polar surface area (TPSA) is 88.5 Å². The maximum Gasteiger partial charge on any atom is 0.251 e. The summed E-state index contributed by atoms with van der Waals surface area (Å²) in [6, 6.07) is 5.96. The van der Waals surface area contributed by atoms with Crippen LogP contribution in [0.15, 0.2) is 46.2 Å². The molecule has 0 saturated heterocycles. The van der Waals surface area contributed by atoms with Crippen LogP contribution in [0, 0.1) is 5.82 Å². The van der Waals surface area contributed by atoms with E-state index in [1.807, 2.05) is 0 Å². The van der Waals surface area contributed by atoms with E-state index in [-0.39, 0.29) is 28.7 Å². The number of carbonyl (C=O) groups excluding carboxylic acids is 1. The molecule has 7 nitrogen and oxygen atoms in total. The highest BCUT2D eigenvalue weighted by Crippen LogP contribution is 2.19. The number of rotatable bonds is 7. The number of sulfonamides is 1. The zero-order valence-electron chi connectivity index (χ0n) is 14.8. The molecule has 0 spiro atoms. The minimum absolute atomic E-state index is 0.0802. The molecule has 0 bridgehead atoms. The van der Waals surface area contributed by atoms with Crippen LogP contribution in [0.2, 0.25) is 5.02 Å². The fraction of sp³-hybridized carbons (Fsp3) is 0.294. The van der Waals surface area contributed by atoms with Gasteiger partial charge in [0.05, 0.1) is 9.92 Å². The molecule has 0 aliphatic heterocycles. The van der Waals surface area contributed by atoms with E-state index in [2.05, 4.69) is 5.32 Å². The van der Waals surface area contributed by atoms with E-state index in [4.69, 9.17) is 11.6 Å². The molecule has 0 atom stereocenters. The third kappa shape index (κ3) is 4.94. The van der Waals surface area contributed by atoms with E-state index in [0.29, 0.717) is 0 Å². The molecule has 2 rings (SSSR count). The maximum atomic E-state index is 13.2. The van der Waals surface area contributed by atoms with Crippen molar-refractivity contribution in [3.63, 3.8) is 0 Å². The summed E-state index contributed by atoms with van der Waals surface area (Å²) in [6.45, 7) is 3.57. The average molecular weight is 416 g/mol. The van der Waals surface area contributed by atoms with Crippen molar-refractivity contribution in [3.05, 3.63) is 57.7 Å². The molecule has 1 aromatic heterocycles. The summed E-state index contributed by atoms with van der Waals surface area (Å²) in [6.07, 6.45) is 1.13. The second-order valence-electron chi connectivity index (χ2n) is 5.60. The Kier molecular flexibility index (Phi) is 6.74. The molecule has 0 unspecified atom stereocenters. The predicted octanol–water partition coefficient (Wildman–Crippen LogP) is 2.31. The van der Waals surface area contributed by atoms with Gasteiger partial charge in [-0.1, -0.05) is 25.4 Å². The van der Waals surface area contributed by atoms with Crippen LogP contribution in [0.5, 0.6) is 0 Å². The lowest BCUT2D eigenvalue weighted by Crippen LogP contribution is -2.33. The van der Waals surface area contributed by atoms with Crippen LogP contribution in [0.1, 0.15) is 13.8 Å². The molecule has 0 aliphatic rings. The van der Waals surface area contributed by atoms with Gasteiger partial charge in [0.1, 0.15) is 12.4 Å². The molecule has 0 fully saturated rings. The van der Waals surface area contributed by atoms with Crippen LogP contribution in [-0.2, 0) is 21.4 Å². The van der Waals surface area contributed by atoms with Crippen LogP contribution >= 0.6 is 11.6 Å². The summed E-state index contributed by atoms with van der Waals surface area (Å²) in [5.74, 6) is -1.21. The smallest absolute Gasteiger partial charge is 0.251 e. The standard InChI is InChI=1S/C17H19ClFN3O4S/c1-3-22(4-2)27(25,26)13-6-8-17(24)21(10-13)11-16(23)20-12-5-7-15(19)14(18)9-12/h5-10H,3-4,11H2,1-2H3,(H,20,23). The first-order valence-corrected chi connectivity index (χ1v) is 9.96. The number of anilines is 1. The summed E-state index contributed by atoms with van der Waals surface area (Å²) >= 11 is 5.66. The first-order chi connectivity index (χ1) is 12.7. The quantitative estimate of drug-likeness (QED) is 0.751. The number of hydrogen-bond donors (Lipinski definition) is 1. The molecule has 146 valence electrons. The molecule has 10 heteroatoms. The number of benzene rings is 1. The monoisotopic (exact) mass is 415 g/mol. The third-order valence-electron chi connectivity index (χ3n) is 3.82. The Labute approximate surface area is 161 Å². The molecule has 0 aliphatic carbocycles. The Morgan fingerprint density at radius 3 is 2.48 bits per heavy atom. The highest BCUT2D eigenvalue weighted by atomic mass is 35.5. The summed E-state index contributed by atoms with van der Waals surface area (Å²) in [5, 5.41) is 2.32. The SMILES string of the molecule is CCN(CC)S(=O)(=O)c1ccc(=O)n(CC(=O)Nc2ccc(F)c(Cl)c2)c1. The van der Waals surface area contributed by atoms with Crippen molar-refractivity contribution in [1.29, 1.82) is 0 Å². The minimum atomic E-state index is -3.76. The van der Waals surface area contributed by atoms with Crippen LogP contribution < -0.4 is 10.9 Å². The number of carbonyl (C=O) groups is 1. The van der Waals surface area contributed by atoms with Crippen molar-refractivity contribution >= 4 is 33.2 Å². The second-order valence-corrected chi connectivity index (χ2v) is 7.94. The average Bonchev–Trinajstić information content (AvgIpc) is 2.60. The molecule has 1 aromatic carbocycles. The van der Waals surface area contributed by atoms with E-state index in [0.717, 1.165) is 22.9 Å². The minimum Gasteiger partial charge on any atom is -0.324 e. The fourth-order valence-corrected chi connectivity index (χ4v) is 4.09. The van der Waals surface area contributed by atoms with Crippen LogP contribution in [-0.4, -0.2) is 36.3 Å². The molecular formula is C17H19ClFN3O4S. The van der Waals surface area contributed by atoms with E-state index in [1.165, 1.54) is 22.5 Å². The van der Waals surface area contributed by atoms with E-state index < -0.39 is 33.9 Å². The Morgan fingerprint density at radius 1 is 1.22 bits per heavy atom. The Hall–Kier alpha value is -2.23. The Morgan fingerprint density at radius 2 is 1.89 bits per heavy atom. The number of aromatic nitrogens is 1. The molecule has 1 N–H and O–H groups in total. The summed E-state index contributed by atoms with van der Waals surface area (Å²) in [4.78, 5) is 24.1. The van der Waals surface area contributed by atoms with Gasteiger partial charge in [-0.25, -0.2) is 12.8 Å². The number of nitrogens with one attached hydrogen (secondary N) is 1. The zero-order valence-corrected chi connectivity index (χ0v) is 16.3. The third-order valence-corrected chi connectivity index (χ3v) is 6.14. The summed E-state index contributed by atoms with van der Waals surface area (Å²) < 4.78 is 40.5. The van der Waals surface area contributed by atoms with Crippen molar-refractivity contribution in [2.45, 2.75) is 25.3 Å². The summed E-state index contributed by atoms with van der Waals surface area (Å²) in [7, 11) is -3.76. The zero-order chi connectivity index (χ0) is 20.2. The van der Waals surface area contributed by atoms with Gasteiger partial charge in [0.25, 0.3) is 5.56 Å². The Balaban J connectivity index is 2.24. The summed E-state index contributed by atoms with van der Waals surface area (Å²) in [5.41, 5.74) is -0.271. The van der Waals surface area contributed by atoms with Gasteiger partial charge in [-0.05, 0) is 24.3 Å². The van der Waals surface area contributed by atoms with E-state index in [1.54, 1.807) is 13.8 Å². The van der Waals surface area contributed by atoms with Gasteiger partial charge in [0.2, 0.25) is 15.9 Å². The molecule has 0 saturated carbocycles. The molecule has 1 amide bonds. The highest BCUT2D eigenvalue weighted by molar-refractivity contribution is 7.89. The number of amides is 1. The molecule has 27 heavy (non-hydrogen) atoms. The highest BCUT2D eigenvalue weighted by Gasteiger charge is 2.22. The molecular weight excluding hydrogens is 397 g/mol. The van der Waals surface area contributed by atoms with Crippen molar-refractivity contribution in [1.82, 2.24) is 8.87 Å². The predicted molar refractivity (Wildman–Crippen MR) is 101 cm³/mol. The maximum absolute atomic E-state index is 13.2. The Bertz CT molecular complexity index is 1000. The molecule has 0 radical (unpaired) electrons.